The summed E-state index contributed by atoms with van der Waals surface area (Å²) in [7, 11) is -2.23. The van der Waals surface area contributed by atoms with Crippen molar-refractivity contribution in [2.24, 2.45) is 5.92 Å². The molecule has 212 valence electrons. The maximum atomic E-state index is 13.7. The Kier molecular flexibility index (Phi) is 12.0. The number of benzene rings is 1. The number of carbonyl (C=O) groups excluding carboxylic acids is 2. The summed E-state index contributed by atoms with van der Waals surface area (Å²) in [6.45, 7) is 26.4. The summed E-state index contributed by atoms with van der Waals surface area (Å²) < 4.78 is 13.6. The lowest BCUT2D eigenvalue weighted by Crippen LogP contribution is -2.49. The molecule has 7 heteroatoms. The topological polar surface area (TPSA) is 55.8 Å². The first kappa shape index (κ1) is 33.7. The summed E-state index contributed by atoms with van der Waals surface area (Å²) in [4.78, 5) is 26.7. The standard InChI is InChI=1S/C30H55NO4Si2/c1-23(22-26(20-17-21-32)34-36(10,11)29(3,4)5)28(33)31(9)24(2)27(25-18-15-14-16-19-25)35-37(12,13)30(6,7)8/h14-16,18-19,21,23-24,26-27H,17,20,22H2,1-13H3/t23-,24-,26-,27+/m1/s1. The number of rotatable bonds is 13. The van der Waals surface area contributed by atoms with E-state index >= 15 is 0 Å². The maximum Gasteiger partial charge on any atom is 0.225 e. The molecule has 0 aromatic heterocycles. The highest BCUT2D eigenvalue weighted by atomic mass is 28.4. The van der Waals surface area contributed by atoms with Crippen LogP contribution in [0.25, 0.3) is 0 Å². The molecular weight excluding hydrogens is 495 g/mol. The van der Waals surface area contributed by atoms with E-state index in [2.05, 4.69) is 86.8 Å². The highest BCUT2D eigenvalue weighted by molar-refractivity contribution is 6.74. The third-order valence-electron chi connectivity index (χ3n) is 8.66. The molecule has 0 fully saturated rings. The lowest BCUT2D eigenvalue weighted by atomic mass is 9.97. The molecule has 0 heterocycles. The Hall–Kier alpha value is -1.29. The number of hydrogen-bond donors (Lipinski definition) is 0. The van der Waals surface area contributed by atoms with Gasteiger partial charge in [-0.3, -0.25) is 4.79 Å². The monoisotopic (exact) mass is 549 g/mol. The molecule has 1 aromatic carbocycles. The van der Waals surface area contributed by atoms with Gasteiger partial charge < -0.3 is 18.5 Å². The molecule has 37 heavy (non-hydrogen) atoms. The van der Waals surface area contributed by atoms with E-state index in [0.717, 1.165) is 11.8 Å². The first-order valence-corrected chi connectivity index (χ1v) is 19.7. The number of hydrogen-bond acceptors (Lipinski definition) is 4. The lowest BCUT2D eigenvalue weighted by Gasteiger charge is -2.43. The summed E-state index contributed by atoms with van der Waals surface area (Å²) >= 11 is 0. The lowest BCUT2D eigenvalue weighted by molar-refractivity contribution is -0.138. The van der Waals surface area contributed by atoms with E-state index in [1.165, 1.54) is 0 Å². The Morgan fingerprint density at radius 3 is 1.86 bits per heavy atom. The van der Waals surface area contributed by atoms with Crippen LogP contribution in [0.4, 0.5) is 0 Å². The van der Waals surface area contributed by atoms with Crippen LogP contribution < -0.4 is 0 Å². The Morgan fingerprint density at radius 1 is 0.919 bits per heavy atom. The fourth-order valence-electron chi connectivity index (χ4n) is 3.90. The number of amides is 1. The molecule has 0 bridgehead atoms. The van der Waals surface area contributed by atoms with Gasteiger partial charge in [-0.15, -0.1) is 0 Å². The van der Waals surface area contributed by atoms with Crippen LogP contribution in [0.5, 0.6) is 0 Å². The van der Waals surface area contributed by atoms with Crippen molar-refractivity contribution >= 4 is 28.8 Å². The van der Waals surface area contributed by atoms with E-state index in [9.17, 15) is 9.59 Å². The van der Waals surface area contributed by atoms with Gasteiger partial charge in [0.1, 0.15) is 6.29 Å². The first-order chi connectivity index (χ1) is 16.7. The fourth-order valence-corrected chi connectivity index (χ4v) is 6.62. The molecule has 0 unspecified atom stereocenters. The summed E-state index contributed by atoms with van der Waals surface area (Å²) in [6, 6.07) is 10.1. The molecule has 5 nitrogen and oxygen atoms in total. The van der Waals surface area contributed by atoms with Crippen LogP contribution in [0, 0.1) is 5.92 Å². The number of carbonyl (C=O) groups is 2. The minimum atomic E-state index is -2.09. The third kappa shape index (κ3) is 9.45. The van der Waals surface area contributed by atoms with Gasteiger partial charge in [0.2, 0.25) is 5.91 Å². The van der Waals surface area contributed by atoms with Gasteiger partial charge in [-0.1, -0.05) is 78.8 Å². The molecule has 0 aliphatic rings. The number of nitrogens with zero attached hydrogens (tertiary/aromatic N) is 1. The van der Waals surface area contributed by atoms with Gasteiger partial charge in [0, 0.05) is 25.5 Å². The minimum absolute atomic E-state index is 0.0580. The van der Waals surface area contributed by atoms with Crippen molar-refractivity contribution in [3.05, 3.63) is 35.9 Å². The van der Waals surface area contributed by atoms with E-state index in [0.29, 0.717) is 19.3 Å². The van der Waals surface area contributed by atoms with Crippen LogP contribution in [-0.4, -0.2) is 52.9 Å². The molecular formula is C30H55NO4Si2. The van der Waals surface area contributed by atoms with Crippen molar-refractivity contribution in [3.63, 3.8) is 0 Å². The molecule has 0 radical (unpaired) electrons. The highest BCUT2D eigenvalue weighted by Gasteiger charge is 2.42. The SMILES string of the molecule is C[C@H](C[C@@H](CCC=O)O[Si](C)(C)C(C)(C)C)C(=O)N(C)[C@H](C)[C@H](O[Si](C)(C)C(C)(C)C)c1ccccc1. The average molecular weight is 550 g/mol. The van der Waals surface area contributed by atoms with Crippen LogP contribution in [0.3, 0.4) is 0 Å². The number of likely N-dealkylation sites (N-methyl/N-ethyl adjacent to an activating group) is 1. The Labute approximate surface area is 230 Å². The van der Waals surface area contributed by atoms with Gasteiger partial charge in [0.05, 0.1) is 12.1 Å². The highest BCUT2D eigenvalue weighted by Crippen LogP contribution is 2.42. The van der Waals surface area contributed by atoms with E-state index in [1.54, 1.807) is 0 Å². The molecule has 1 amide bonds. The van der Waals surface area contributed by atoms with Crippen molar-refractivity contribution in [3.8, 4) is 0 Å². The third-order valence-corrected chi connectivity index (χ3v) is 17.7. The van der Waals surface area contributed by atoms with Crippen LogP contribution >= 0.6 is 0 Å². The van der Waals surface area contributed by atoms with Crippen LogP contribution in [0.15, 0.2) is 30.3 Å². The van der Waals surface area contributed by atoms with E-state index in [-0.39, 0.29) is 40.2 Å². The second-order valence-corrected chi connectivity index (χ2v) is 23.3. The van der Waals surface area contributed by atoms with Gasteiger partial charge in [0.15, 0.2) is 16.6 Å². The van der Waals surface area contributed by atoms with Gasteiger partial charge in [-0.2, -0.15) is 0 Å². The predicted octanol–water partition coefficient (Wildman–Crippen LogP) is 7.99. The molecule has 0 aliphatic heterocycles. The Morgan fingerprint density at radius 2 is 1.41 bits per heavy atom. The zero-order chi connectivity index (χ0) is 28.8. The van der Waals surface area contributed by atoms with Crippen molar-refractivity contribution in [1.29, 1.82) is 0 Å². The van der Waals surface area contributed by atoms with Gasteiger partial charge in [-0.25, -0.2) is 0 Å². The predicted molar refractivity (Wildman–Crippen MR) is 161 cm³/mol. The Bertz CT molecular complexity index is 859. The van der Waals surface area contributed by atoms with E-state index < -0.39 is 16.6 Å². The van der Waals surface area contributed by atoms with Crippen molar-refractivity contribution in [2.75, 3.05) is 7.05 Å². The second kappa shape index (κ2) is 13.2. The summed E-state index contributed by atoms with van der Waals surface area (Å²) in [5, 5.41) is 0.123. The normalized spacial score (nSPS) is 16.6. The first-order valence-electron chi connectivity index (χ1n) is 13.9. The molecule has 1 rings (SSSR count). The smallest absolute Gasteiger partial charge is 0.225 e. The fraction of sp³-hybridized carbons (Fsp3) is 0.733. The summed E-state index contributed by atoms with van der Waals surface area (Å²) in [5.41, 5.74) is 1.09. The quantitative estimate of drug-likeness (QED) is 0.185. The number of aldehydes is 1. The van der Waals surface area contributed by atoms with Gasteiger partial charge in [-0.05, 0) is 61.6 Å². The largest absolute Gasteiger partial charge is 0.414 e. The molecule has 0 spiro atoms. The van der Waals surface area contributed by atoms with Crippen LogP contribution in [-0.2, 0) is 18.4 Å². The molecule has 1 aromatic rings. The van der Waals surface area contributed by atoms with E-state index in [4.69, 9.17) is 8.85 Å². The molecule has 0 saturated carbocycles. The molecule has 0 saturated heterocycles. The minimum Gasteiger partial charge on any atom is -0.414 e. The molecule has 0 N–H and O–H groups in total. The van der Waals surface area contributed by atoms with Crippen molar-refractivity contribution < 1.29 is 18.4 Å². The van der Waals surface area contributed by atoms with Crippen molar-refractivity contribution in [2.45, 2.75) is 129 Å². The summed E-state index contributed by atoms with van der Waals surface area (Å²) in [6.07, 6.45) is 2.33. The zero-order valence-electron chi connectivity index (χ0n) is 26.0. The Balaban J connectivity index is 3.15. The molecule has 4 atom stereocenters. The summed E-state index contributed by atoms with van der Waals surface area (Å²) in [5.74, 6) is -0.139. The van der Waals surface area contributed by atoms with E-state index in [1.807, 2.05) is 37.1 Å². The van der Waals surface area contributed by atoms with Gasteiger partial charge >= 0.3 is 0 Å². The molecule has 0 aliphatic carbocycles. The maximum absolute atomic E-state index is 13.7. The van der Waals surface area contributed by atoms with Crippen LogP contribution in [0.2, 0.25) is 36.3 Å². The van der Waals surface area contributed by atoms with Crippen LogP contribution in [0.1, 0.15) is 86.3 Å². The second-order valence-electron chi connectivity index (χ2n) is 13.8. The van der Waals surface area contributed by atoms with Gasteiger partial charge in [0.25, 0.3) is 0 Å². The average Bonchev–Trinajstić information content (AvgIpc) is 2.78. The zero-order valence-corrected chi connectivity index (χ0v) is 28.0. The van der Waals surface area contributed by atoms with Crippen molar-refractivity contribution in [1.82, 2.24) is 4.90 Å².